The molecule has 22 heavy (non-hydrogen) atoms. The summed E-state index contributed by atoms with van der Waals surface area (Å²) in [5.41, 5.74) is 0. The highest BCUT2D eigenvalue weighted by molar-refractivity contribution is 8.01. The van der Waals surface area contributed by atoms with E-state index in [1.54, 1.807) is 10.3 Å². The minimum Gasteiger partial charge on any atom is -0.379 e. The summed E-state index contributed by atoms with van der Waals surface area (Å²) >= 11 is 3.18. The molecule has 0 bridgehead atoms. The third-order valence-electron chi connectivity index (χ3n) is 4.81. The molecule has 3 saturated heterocycles. The molecular weight excluding hydrogens is 323 g/mol. The Kier molecular flexibility index (Phi) is 3.92. The van der Waals surface area contributed by atoms with E-state index in [1.165, 1.54) is 17.4 Å². The summed E-state index contributed by atoms with van der Waals surface area (Å²) in [6, 6.07) is 1.97. The van der Waals surface area contributed by atoms with Crippen LogP contribution in [0.2, 0.25) is 0 Å². The Morgan fingerprint density at radius 1 is 1.36 bits per heavy atom. The van der Waals surface area contributed by atoms with Crippen molar-refractivity contribution in [1.29, 1.82) is 0 Å². The molecule has 0 N–H and O–H groups in total. The van der Waals surface area contributed by atoms with Crippen LogP contribution in [0.5, 0.6) is 0 Å². The molecule has 0 radical (unpaired) electrons. The van der Waals surface area contributed by atoms with Crippen LogP contribution in [-0.2, 0) is 4.74 Å². The van der Waals surface area contributed by atoms with Gasteiger partial charge in [0.15, 0.2) is 0 Å². The van der Waals surface area contributed by atoms with Gasteiger partial charge < -0.3 is 9.64 Å². The molecule has 3 aliphatic rings. The van der Waals surface area contributed by atoms with Gasteiger partial charge in [-0.05, 0) is 17.9 Å². The first-order valence-corrected chi connectivity index (χ1v) is 9.51. The quantitative estimate of drug-likeness (QED) is 0.822. The van der Waals surface area contributed by atoms with E-state index in [0.717, 1.165) is 51.6 Å². The fourth-order valence-corrected chi connectivity index (χ4v) is 6.01. The monoisotopic (exact) mass is 342 g/mol. The maximum atomic E-state index is 13.5. The number of likely N-dealkylation sites (tertiary alicyclic amines) is 1. The molecule has 7 heteroatoms. The Hall–Kier alpha value is -0.630. The summed E-state index contributed by atoms with van der Waals surface area (Å²) in [4.78, 5) is 16.9. The lowest BCUT2D eigenvalue weighted by Crippen LogP contribution is -2.61. The molecule has 0 aromatic carbocycles. The highest BCUT2D eigenvalue weighted by atomic mass is 32.2. The third-order valence-corrected chi connectivity index (χ3v) is 7.27. The summed E-state index contributed by atoms with van der Waals surface area (Å²) in [5.74, 6) is 0.602. The Morgan fingerprint density at radius 3 is 2.82 bits per heavy atom. The van der Waals surface area contributed by atoms with Crippen LogP contribution in [0.25, 0.3) is 0 Å². The van der Waals surface area contributed by atoms with E-state index in [4.69, 9.17) is 4.74 Å². The van der Waals surface area contributed by atoms with E-state index in [2.05, 4.69) is 4.90 Å². The zero-order valence-electron chi connectivity index (χ0n) is 12.3. The maximum Gasteiger partial charge on any atom is 0.267 e. The highest BCUT2D eigenvalue weighted by Crippen LogP contribution is 2.47. The minimum atomic E-state index is -0.388. The predicted molar refractivity (Wildman–Crippen MR) is 86.2 cm³/mol. The number of carbonyl (C=O) groups is 1. The van der Waals surface area contributed by atoms with Crippen LogP contribution in [0.15, 0.2) is 11.4 Å². The van der Waals surface area contributed by atoms with Crippen LogP contribution in [0.3, 0.4) is 0 Å². The molecule has 4 heterocycles. The van der Waals surface area contributed by atoms with Gasteiger partial charge in [-0.25, -0.2) is 4.39 Å². The Labute approximate surface area is 137 Å². The van der Waals surface area contributed by atoms with Crippen molar-refractivity contribution in [3.63, 3.8) is 0 Å². The molecular formula is C15H19FN2O2S2. The predicted octanol–water partition coefficient (Wildman–Crippen LogP) is 1.92. The number of hydrogen-bond acceptors (Lipinski definition) is 5. The summed E-state index contributed by atoms with van der Waals surface area (Å²) in [5, 5.41) is 1.64. The highest BCUT2D eigenvalue weighted by Gasteiger charge is 2.52. The average Bonchev–Trinajstić information content (AvgIpc) is 3.12. The molecule has 120 valence electrons. The molecule has 0 aliphatic carbocycles. The van der Waals surface area contributed by atoms with Crippen molar-refractivity contribution in [3.8, 4) is 0 Å². The van der Waals surface area contributed by atoms with E-state index in [-0.39, 0.29) is 21.3 Å². The lowest BCUT2D eigenvalue weighted by molar-refractivity contribution is 0.0137. The molecule has 4 rings (SSSR count). The lowest BCUT2D eigenvalue weighted by atomic mass is 9.91. The summed E-state index contributed by atoms with van der Waals surface area (Å²) < 4.78 is 19.2. The zero-order valence-corrected chi connectivity index (χ0v) is 13.9. The topological polar surface area (TPSA) is 32.8 Å². The van der Waals surface area contributed by atoms with Gasteiger partial charge in [-0.1, -0.05) is 0 Å². The van der Waals surface area contributed by atoms with Gasteiger partial charge in [-0.3, -0.25) is 9.69 Å². The van der Waals surface area contributed by atoms with E-state index in [1.807, 2.05) is 11.8 Å². The first kappa shape index (κ1) is 14.9. The number of hydrogen-bond donors (Lipinski definition) is 0. The first-order valence-electron chi connectivity index (χ1n) is 7.65. The van der Waals surface area contributed by atoms with Crippen molar-refractivity contribution in [3.05, 3.63) is 22.1 Å². The zero-order chi connectivity index (χ0) is 15.2. The Morgan fingerprint density at radius 2 is 2.14 bits per heavy atom. The molecule has 1 unspecified atom stereocenters. The number of morpholine rings is 1. The van der Waals surface area contributed by atoms with Crippen LogP contribution in [0, 0.1) is 5.82 Å². The summed E-state index contributed by atoms with van der Waals surface area (Å²) in [6.07, 6.45) is 1.13. The van der Waals surface area contributed by atoms with Crippen LogP contribution in [0.1, 0.15) is 16.1 Å². The number of amides is 1. The fraction of sp³-hybridized carbons (Fsp3) is 0.667. The normalized spacial score (nSPS) is 28.0. The number of thioether (sulfide) groups is 1. The van der Waals surface area contributed by atoms with Crippen LogP contribution in [0.4, 0.5) is 4.39 Å². The van der Waals surface area contributed by atoms with Gasteiger partial charge in [-0.2, -0.15) is 0 Å². The number of rotatable bonds is 2. The number of carbonyl (C=O) groups excluding carboxylic acids is 1. The van der Waals surface area contributed by atoms with Crippen molar-refractivity contribution in [2.24, 2.45) is 0 Å². The number of thiophene rings is 1. The van der Waals surface area contributed by atoms with Gasteiger partial charge in [0, 0.05) is 38.0 Å². The Balaban J connectivity index is 1.35. The molecule has 1 aromatic heterocycles. The van der Waals surface area contributed by atoms with Gasteiger partial charge in [0.1, 0.15) is 10.7 Å². The second kappa shape index (κ2) is 5.78. The first-order chi connectivity index (χ1) is 10.7. The van der Waals surface area contributed by atoms with Crippen molar-refractivity contribution >= 4 is 29.0 Å². The largest absolute Gasteiger partial charge is 0.379 e. The van der Waals surface area contributed by atoms with Gasteiger partial charge >= 0.3 is 0 Å². The van der Waals surface area contributed by atoms with Crippen molar-refractivity contribution in [1.82, 2.24) is 9.80 Å². The molecule has 1 amide bonds. The van der Waals surface area contributed by atoms with E-state index in [0.29, 0.717) is 6.04 Å². The van der Waals surface area contributed by atoms with Gasteiger partial charge in [0.2, 0.25) is 0 Å². The molecule has 1 aromatic rings. The molecule has 0 saturated carbocycles. The fourth-order valence-electron chi connectivity index (χ4n) is 3.60. The number of ether oxygens (including phenoxy) is 1. The molecule has 1 atom stereocenters. The second-order valence-electron chi connectivity index (χ2n) is 6.26. The molecule has 4 nitrogen and oxygen atoms in total. The van der Waals surface area contributed by atoms with Crippen molar-refractivity contribution < 1.29 is 13.9 Å². The smallest absolute Gasteiger partial charge is 0.267 e. The summed E-state index contributed by atoms with van der Waals surface area (Å²) in [6.45, 7) is 5.21. The average molecular weight is 342 g/mol. The van der Waals surface area contributed by atoms with Crippen LogP contribution < -0.4 is 0 Å². The second-order valence-corrected chi connectivity index (χ2v) is 8.66. The van der Waals surface area contributed by atoms with E-state index in [9.17, 15) is 9.18 Å². The maximum absolute atomic E-state index is 13.5. The SMILES string of the molecule is O=C(c1sccc1F)N1CC2(CC(N3CCOCC3)CS2)C1. The third kappa shape index (κ3) is 2.58. The van der Waals surface area contributed by atoms with E-state index < -0.39 is 0 Å². The van der Waals surface area contributed by atoms with Crippen molar-refractivity contribution in [2.45, 2.75) is 17.2 Å². The molecule has 3 fully saturated rings. The lowest BCUT2D eigenvalue weighted by Gasteiger charge is -2.47. The van der Waals surface area contributed by atoms with Gasteiger partial charge in [0.25, 0.3) is 5.91 Å². The van der Waals surface area contributed by atoms with Crippen LogP contribution >= 0.6 is 23.1 Å². The summed E-state index contributed by atoms with van der Waals surface area (Å²) in [7, 11) is 0. The number of nitrogens with zero attached hydrogens (tertiary/aromatic N) is 2. The van der Waals surface area contributed by atoms with Crippen LogP contribution in [-0.4, -0.2) is 71.6 Å². The standard InChI is InChI=1S/C15H19FN2O2S2/c16-12-1-6-21-13(12)14(19)18-9-15(10-18)7-11(8-22-15)17-2-4-20-5-3-17/h1,6,11H,2-5,7-10H2. The number of halogens is 1. The van der Waals surface area contributed by atoms with E-state index >= 15 is 0 Å². The van der Waals surface area contributed by atoms with Gasteiger partial charge in [-0.15, -0.1) is 23.1 Å². The molecule has 3 aliphatic heterocycles. The Bertz CT molecular complexity index is 568. The minimum absolute atomic E-state index is 0.145. The molecule has 1 spiro atoms. The van der Waals surface area contributed by atoms with Gasteiger partial charge in [0.05, 0.1) is 18.0 Å². The van der Waals surface area contributed by atoms with Crippen molar-refractivity contribution in [2.75, 3.05) is 45.1 Å².